The Morgan fingerprint density at radius 3 is 2.40 bits per heavy atom. The molecule has 1 atom stereocenters. The van der Waals surface area contributed by atoms with Gasteiger partial charge in [0.05, 0.1) is 6.61 Å². The van der Waals surface area contributed by atoms with Gasteiger partial charge in [-0.3, -0.25) is 0 Å². The smallest absolute Gasteiger partial charge is 0.0641 e. The molecule has 0 aromatic carbocycles. The fourth-order valence-electron chi connectivity index (χ4n) is 2.22. The highest BCUT2D eigenvalue weighted by Gasteiger charge is 2.34. The van der Waals surface area contributed by atoms with Crippen LogP contribution in [0.5, 0.6) is 0 Å². The zero-order valence-corrected chi connectivity index (χ0v) is 10.7. The van der Waals surface area contributed by atoms with Crippen molar-refractivity contribution in [3.8, 4) is 0 Å². The summed E-state index contributed by atoms with van der Waals surface area (Å²) >= 11 is 0. The van der Waals surface area contributed by atoms with Crippen LogP contribution in [0.3, 0.4) is 0 Å². The molecule has 1 N–H and O–H groups in total. The fourth-order valence-corrected chi connectivity index (χ4v) is 2.22. The van der Waals surface area contributed by atoms with Crippen LogP contribution in [0.4, 0.5) is 0 Å². The van der Waals surface area contributed by atoms with Gasteiger partial charge in [-0.25, -0.2) is 0 Å². The molecule has 0 saturated heterocycles. The molecule has 0 aromatic rings. The van der Waals surface area contributed by atoms with Crippen LogP contribution in [0, 0.1) is 11.3 Å². The summed E-state index contributed by atoms with van der Waals surface area (Å²) in [6, 6.07) is 0. The van der Waals surface area contributed by atoms with Crippen LogP contribution in [-0.4, -0.2) is 11.7 Å². The Labute approximate surface area is 93.9 Å². The minimum absolute atomic E-state index is 0.200. The van der Waals surface area contributed by atoms with Gasteiger partial charge in [0.15, 0.2) is 0 Å². The third kappa shape index (κ3) is 2.52. The number of rotatable bonds is 3. The van der Waals surface area contributed by atoms with Crippen LogP contribution in [0.25, 0.3) is 0 Å². The Hall–Kier alpha value is -0.560. The Morgan fingerprint density at radius 2 is 2.00 bits per heavy atom. The summed E-state index contributed by atoms with van der Waals surface area (Å²) in [5.74, 6) is 0.707. The first kappa shape index (κ1) is 12.5. The molecule has 1 rings (SSSR count). The van der Waals surface area contributed by atoms with Crippen molar-refractivity contribution in [2.75, 3.05) is 6.61 Å². The highest BCUT2D eigenvalue weighted by atomic mass is 16.3. The van der Waals surface area contributed by atoms with E-state index in [-0.39, 0.29) is 6.61 Å². The van der Waals surface area contributed by atoms with Crippen molar-refractivity contribution < 1.29 is 5.11 Å². The van der Waals surface area contributed by atoms with E-state index in [1.54, 1.807) is 0 Å². The summed E-state index contributed by atoms with van der Waals surface area (Å²) in [7, 11) is 0. The highest BCUT2D eigenvalue weighted by Crippen LogP contribution is 2.45. The number of hydrogen-bond donors (Lipinski definition) is 1. The first-order valence-corrected chi connectivity index (χ1v) is 5.83. The third-order valence-corrected chi connectivity index (χ3v) is 4.26. The Morgan fingerprint density at radius 1 is 1.40 bits per heavy atom. The first-order chi connectivity index (χ1) is 6.89. The number of hydrogen-bond acceptors (Lipinski definition) is 1. The molecule has 1 aliphatic carbocycles. The van der Waals surface area contributed by atoms with Gasteiger partial charge in [0.25, 0.3) is 0 Å². The minimum Gasteiger partial charge on any atom is -0.392 e. The van der Waals surface area contributed by atoms with Crippen molar-refractivity contribution in [1.29, 1.82) is 0 Å². The molecular weight excluding hydrogens is 184 g/mol. The molecule has 0 aliphatic heterocycles. The Bertz CT molecular complexity index is 294. The minimum atomic E-state index is 0.200. The van der Waals surface area contributed by atoms with E-state index >= 15 is 0 Å². The molecule has 0 fully saturated rings. The van der Waals surface area contributed by atoms with Gasteiger partial charge in [0, 0.05) is 0 Å². The predicted octanol–water partition coefficient (Wildman–Crippen LogP) is 3.70. The lowest BCUT2D eigenvalue weighted by atomic mass is 9.74. The van der Waals surface area contributed by atoms with Crippen molar-refractivity contribution in [1.82, 2.24) is 0 Å². The molecule has 0 saturated carbocycles. The predicted molar refractivity (Wildman–Crippen MR) is 65.7 cm³/mol. The standard InChI is InChI=1S/C14H24O/c1-10(11(2)9-15)8-13-7-6-12(3)14(13,4)5/h6,13,15H,7-9H2,1-5H3/b11-10+. The molecule has 86 valence electrons. The molecule has 0 spiro atoms. The number of aliphatic hydroxyl groups is 1. The normalized spacial score (nSPS) is 26.3. The van der Waals surface area contributed by atoms with E-state index < -0.39 is 0 Å². The van der Waals surface area contributed by atoms with E-state index in [2.05, 4.69) is 33.8 Å². The van der Waals surface area contributed by atoms with Gasteiger partial charge in [-0.05, 0) is 50.5 Å². The van der Waals surface area contributed by atoms with Crippen LogP contribution in [0.2, 0.25) is 0 Å². The van der Waals surface area contributed by atoms with Crippen molar-refractivity contribution in [2.24, 2.45) is 11.3 Å². The maximum Gasteiger partial charge on any atom is 0.0641 e. The van der Waals surface area contributed by atoms with Crippen molar-refractivity contribution in [3.63, 3.8) is 0 Å². The summed E-state index contributed by atoms with van der Waals surface area (Å²) in [4.78, 5) is 0. The molecule has 0 amide bonds. The Balaban J connectivity index is 2.71. The van der Waals surface area contributed by atoms with E-state index in [1.165, 1.54) is 17.6 Å². The Kier molecular flexibility index (Phi) is 3.77. The van der Waals surface area contributed by atoms with Gasteiger partial charge in [-0.1, -0.05) is 31.1 Å². The van der Waals surface area contributed by atoms with Crippen LogP contribution < -0.4 is 0 Å². The molecule has 1 aliphatic rings. The molecule has 0 bridgehead atoms. The summed E-state index contributed by atoms with van der Waals surface area (Å²) < 4.78 is 0. The van der Waals surface area contributed by atoms with Crippen molar-refractivity contribution in [3.05, 3.63) is 22.8 Å². The third-order valence-electron chi connectivity index (χ3n) is 4.26. The van der Waals surface area contributed by atoms with Crippen molar-refractivity contribution in [2.45, 2.75) is 47.5 Å². The van der Waals surface area contributed by atoms with Crippen LogP contribution in [0.1, 0.15) is 47.5 Å². The maximum atomic E-state index is 9.09. The quantitative estimate of drug-likeness (QED) is 0.701. The zero-order valence-electron chi connectivity index (χ0n) is 10.7. The van der Waals surface area contributed by atoms with Gasteiger partial charge < -0.3 is 5.11 Å². The fraction of sp³-hybridized carbons (Fsp3) is 0.714. The van der Waals surface area contributed by atoms with E-state index in [0.717, 1.165) is 12.0 Å². The number of allylic oxidation sites excluding steroid dienone is 3. The van der Waals surface area contributed by atoms with Crippen molar-refractivity contribution >= 4 is 0 Å². The summed E-state index contributed by atoms with van der Waals surface area (Å²) in [5, 5.41) is 9.09. The average molecular weight is 208 g/mol. The lowest BCUT2D eigenvalue weighted by Gasteiger charge is -2.30. The molecular formula is C14H24O. The SMILES string of the molecule is CC1=CCC(C/C(C)=C(\C)CO)C1(C)C. The monoisotopic (exact) mass is 208 g/mol. The van der Waals surface area contributed by atoms with E-state index in [4.69, 9.17) is 5.11 Å². The summed E-state index contributed by atoms with van der Waals surface area (Å²) in [6.45, 7) is 11.3. The molecule has 0 aromatic heterocycles. The zero-order chi connectivity index (χ0) is 11.6. The highest BCUT2D eigenvalue weighted by molar-refractivity contribution is 5.21. The molecule has 0 radical (unpaired) electrons. The van der Waals surface area contributed by atoms with Crippen LogP contribution in [0.15, 0.2) is 22.8 Å². The molecule has 1 heteroatoms. The van der Waals surface area contributed by atoms with E-state index in [0.29, 0.717) is 11.3 Å². The van der Waals surface area contributed by atoms with Crippen LogP contribution >= 0.6 is 0 Å². The van der Waals surface area contributed by atoms with Gasteiger partial charge in [0.2, 0.25) is 0 Å². The summed E-state index contributed by atoms with van der Waals surface area (Å²) in [6.07, 6.45) is 4.67. The molecule has 15 heavy (non-hydrogen) atoms. The second-order valence-corrected chi connectivity index (χ2v) is 5.46. The van der Waals surface area contributed by atoms with Gasteiger partial charge in [0.1, 0.15) is 0 Å². The molecule has 0 heterocycles. The van der Waals surface area contributed by atoms with Crippen LogP contribution in [-0.2, 0) is 0 Å². The maximum absolute atomic E-state index is 9.09. The molecule has 1 unspecified atom stereocenters. The number of aliphatic hydroxyl groups excluding tert-OH is 1. The van der Waals surface area contributed by atoms with Gasteiger partial charge in [-0.15, -0.1) is 0 Å². The van der Waals surface area contributed by atoms with Gasteiger partial charge >= 0.3 is 0 Å². The summed E-state index contributed by atoms with van der Waals surface area (Å²) in [5.41, 5.74) is 4.34. The molecule has 1 nitrogen and oxygen atoms in total. The average Bonchev–Trinajstić information content (AvgIpc) is 2.43. The largest absolute Gasteiger partial charge is 0.392 e. The topological polar surface area (TPSA) is 20.2 Å². The lowest BCUT2D eigenvalue weighted by molar-refractivity contribution is 0.286. The van der Waals surface area contributed by atoms with E-state index in [9.17, 15) is 0 Å². The second kappa shape index (κ2) is 4.52. The lowest BCUT2D eigenvalue weighted by Crippen LogP contribution is -2.20. The second-order valence-electron chi connectivity index (χ2n) is 5.46. The first-order valence-electron chi connectivity index (χ1n) is 5.83. The van der Waals surface area contributed by atoms with Gasteiger partial charge in [-0.2, -0.15) is 0 Å². The van der Waals surface area contributed by atoms with E-state index in [1.807, 2.05) is 6.92 Å².